The van der Waals surface area contributed by atoms with Crippen molar-refractivity contribution in [3.63, 3.8) is 0 Å². The minimum absolute atomic E-state index is 0.0796. The van der Waals surface area contributed by atoms with E-state index >= 15 is 0 Å². The van der Waals surface area contributed by atoms with Crippen molar-refractivity contribution in [2.75, 3.05) is 6.54 Å². The monoisotopic (exact) mass is 279 g/mol. The standard InChI is InChI=1S/C16H25NO3/c1-11(2)9-17(13-6-4-5-7-13)10-14-8-12(3)15(20-14)16(18)19/h8,11,13H,4-7,9-10H2,1-3H3,(H,18,19). The van der Waals surface area contributed by atoms with Gasteiger partial charge in [-0.3, -0.25) is 4.90 Å². The lowest BCUT2D eigenvalue weighted by Crippen LogP contribution is -2.35. The van der Waals surface area contributed by atoms with E-state index in [1.165, 1.54) is 25.7 Å². The summed E-state index contributed by atoms with van der Waals surface area (Å²) in [6.45, 7) is 7.98. The Balaban J connectivity index is 2.10. The van der Waals surface area contributed by atoms with Gasteiger partial charge < -0.3 is 9.52 Å². The smallest absolute Gasteiger partial charge is 0.372 e. The second-order valence-electron chi connectivity index (χ2n) is 6.29. The first kappa shape index (κ1) is 15.1. The third-order valence-corrected chi connectivity index (χ3v) is 3.96. The molecule has 1 N–H and O–H groups in total. The van der Waals surface area contributed by atoms with E-state index in [0.717, 1.165) is 18.8 Å². The maximum Gasteiger partial charge on any atom is 0.372 e. The number of carboxylic acid groups (broad SMARTS) is 1. The fraction of sp³-hybridized carbons (Fsp3) is 0.688. The van der Waals surface area contributed by atoms with Crippen LogP contribution in [0, 0.1) is 12.8 Å². The predicted molar refractivity (Wildman–Crippen MR) is 77.9 cm³/mol. The molecule has 112 valence electrons. The summed E-state index contributed by atoms with van der Waals surface area (Å²) in [7, 11) is 0. The lowest BCUT2D eigenvalue weighted by Gasteiger charge is -2.29. The molecule has 0 bridgehead atoms. The Morgan fingerprint density at radius 1 is 1.45 bits per heavy atom. The Bertz CT molecular complexity index is 458. The number of aromatic carboxylic acids is 1. The van der Waals surface area contributed by atoms with E-state index < -0.39 is 5.97 Å². The topological polar surface area (TPSA) is 53.7 Å². The molecule has 0 aromatic carbocycles. The summed E-state index contributed by atoms with van der Waals surface area (Å²) >= 11 is 0. The van der Waals surface area contributed by atoms with Crippen LogP contribution in [0.15, 0.2) is 10.5 Å². The molecule has 1 fully saturated rings. The summed E-state index contributed by atoms with van der Waals surface area (Å²) in [5, 5.41) is 9.06. The highest BCUT2D eigenvalue weighted by molar-refractivity contribution is 5.86. The van der Waals surface area contributed by atoms with E-state index in [1.54, 1.807) is 6.92 Å². The van der Waals surface area contributed by atoms with Crippen LogP contribution in [0.4, 0.5) is 0 Å². The van der Waals surface area contributed by atoms with Gasteiger partial charge in [0.2, 0.25) is 5.76 Å². The minimum Gasteiger partial charge on any atom is -0.475 e. The zero-order valence-corrected chi connectivity index (χ0v) is 12.7. The molecule has 1 aromatic heterocycles. The summed E-state index contributed by atoms with van der Waals surface area (Å²) in [6.07, 6.45) is 5.10. The first-order valence-corrected chi connectivity index (χ1v) is 7.54. The maximum absolute atomic E-state index is 11.0. The first-order valence-electron chi connectivity index (χ1n) is 7.54. The van der Waals surface area contributed by atoms with Crippen molar-refractivity contribution in [1.29, 1.82) is 0 Å². The second-order valence-corrected chi connectivity index (χ2v) is 6.29. The molecule has 0 saturated heterocycles. The Hall–Kier alpha value is -1.29. The van der Waals surface area contributed by atoms with Crippen LogP contribution in [0.1, 0.15) is 61.4 Å². The molecule has 20 heavy (non-hydrogen) atoms. The van der Waals surface area contributed by atoms with Crippen molar-refractivity contribution >= 4 is 5.97 Å². The molecule has 1 aromatic rings. The molecule has 0 aliphatic heterocycles. The molecule has 4 nitrogen and oxygen atoms in total. The average Bonchev–Trinajstić information content (AvgIpc) is 2.96. The van der Waals surface area contributed by atoms with E-state index in [0.29, 0.717) is 17.5 Å². The summed E-state index contributed by atoms with van der Waals surface area (Å²) in [4.78, 5) is 13.5. The van der Waals surface area contributed by atoms with Gasteiger partial charge in [0.25, 0.3) is 0 Å². The van der Waals surface area contributed by atoms with E-state index in [2.05, 4.69) is 18.7 Å². The number of hydrogen-bond donors (Lipinski definition) is 1. The summed E-state index contributed by atoms with van der Waals surface area (Å²) in [6, 6.07) is 2.49. The summed E-state index contributed by atoms with van der Waals surface area (Å²) in [5.74, 6) is 0.471. The highest BCUT2D eigenvalue weighted by atomic mass is 16.4. The van der Waals surface area contributed by atoms with Gasteiger partial charge in [-0.15, -0.1) is 0 Å². The number of nitrogens with zero attached hydrogens (tertiary/aromatic N) is 1. The van der Waals surface area contributed by atoms with Gasteiger partial charge in [-0.05, 0) is 31.7 Å². The third-order valence-electron chi connectivity index (χ3n) is 3.96. The van der Waals surface area contributed by atoms with Crippen molar-refractivity contribution in [3.8, 4) is 0 Å². The number of furan rings is 1. The van der Waals surface area contributed by atoms with Crippen molar-refractivity contribution in [2.24, 2.45) is 5.92 Å². The highest BCUT2D eigenvalue weighted by Crippen LogP contribution is 2.26. The Kier molecular flexibility index (Phi) is 4.86. The van der Waals surface area contributed by atoms with Gasteiger partial charge >= 0.3 is 5.97 Å². The van der Waals surface area contributed by atoms with E-state index in [4.69, 9.17) is 9.52 Å². The van der Waals surface area contributed by atoms with E-state index in [9.17, 15) is 4.79 Å². The fourth-order valence-corrected chi connectivity index (χ4v) is 3.12. The van der Waals surface area contributed by atoms with E-state index in [1.807, 2.05) is 6.07 Å². The lowest BCUT2D eigenvalue weighted by molar-refractivity contribution is 0.0655. The van der Waals surface area contributed by atoms with Crippen molar-refractivity contribution < 1.29 is 14.3 Å². The Morgan fingerprint density at radius 2 is 2.10 bits per heavy atom. The van der Waals surface area contributed by atoms with Crippen molar-refractivity contribution in [3.05, 3.63) is 23.2 Å². The quantitative estimate of drug-likeness (QED) is 0.863. The lowest BCUT2D eigenvalue weighted by atomic mass is 10.1. The SMILES string of the molecule is Cc1cc(CN(CC(C)C)C2CCCC2)oc1C(=O)O. The molecular formula is C16H25NO3. The van der Waals surface area contributed by atoms with Gasteiger partial charge in [-0.1, -0.05) is 26.7 Å². The number of rotatable bonds is 6. The summed E-state index contributed by atoms with van der Waals surface area (Å²) < 4.78 is 5.51. The summed E-state index contributed by atoms with van der Waals surface area (Å²) in [5.41, 5.74) is 0.711. The molecular weight excluding hydrogens is 254 g/mol. The average molecular weight is 279 g/mol. The van der Waals surface area contributed by atoms with Gasteiger partial charge in [-0.25, -0.2) is 4.79 Å². The zero-order valence-electron chi connectivity index (χ0n) is 12.7. The molecule has 0 spiro atoms. The molecule has 1 aliphatic carbocycles. The normalized spacial score (nSPS) is 16.4. The van der Waals surface area contributed by atoms with Gasteiger partial charge in [-0.2, -0.15) is 0 Å². The van der Waals surface area contributed by atoms with Gasteiger partial charge in [0, 0.05) is 18.2 Å². The van der Waals surface area contributed by atoms with Gasteiger partial charge in [0.15, 0.2) is 0 Å². The first-order chi connectivity index (χ1) is 9.47. The largest absolute Gasteiger partial charge is 0.475 e. The Morgan fingerprint density at radius 3 is 2.60 bits per heavy atom. The third kappa shape index (κ3) is 3.63. The second kappa shape index (κ2) is 6.44. The van der Waals surface area contributed by atoms with Crippen LogP contribution in [0.5, 0.6) is 0 Å². The molecule has 1 heterocycles. The van der Waals surface area contributed by atoms with Crippen molar-refractivity contribution in [1.82, 2.24) is 4.90 Å². The molecule has 1 saturated carbocycles. The molecule has 0 amide bonds. The molecule has 0 unspecified atom stereocenters. The number of hydrogen-bond acceptors (Lipinski definition) is 3. The highest BCUT2D eigenvalue weighted by Gasteiger charge is 2.25. The predicted octanol–water partition coefficient (Wildman–Crippen LogP) is 3.69. The van der Waals surface area contributed by atoms with Crippen LogP contribution in [0.2, 0.25) is 0 Å². The molecule has 1 aliphatic rings. The van der Waals surface area contributed by atoms with Crippen molar-refractivity contribution in [2.45, 2.75) is 59.0 Å². The molecule has 2 rings (SSSR count). The number of carbonyl (C=O) groups is 1. The number of aryl methyl sites for hydroxylation is 1. The van der Waals surface area contributed by atoms with Crippen LogP contribution in [0.25, 0.3) is 0 Å². The van der Waals surface area contributed by atoms with Crippen LogP contribution < -0.4 is 0 Å². The zero-order chi connectivity index (χ0) is 14.7. The molecule has 0 radical (unpaired) electrons. The van der Waals surface area contributed by atoms with Crippen LogP contribution in [-0.4, -0.2) is 28.6 Å². The van der Waals surface area contributed by atoms with Gasteiger partial charge in [0.05, 0.1) is 6.54 Å². The van der Waals surface area contributed by atoms with Crippen LogP contribution in [-0.2, 0) is 6.54 Å². The molecule has 0 atom stereocenters. The fourth-order valence-electron chi connectivity index (χ4n) is 3.12. The van der Waals surface area contributed by atoms with Gasteiger partial charge in [0.1, 0.15) is 5.76 Å². The Labute approximate surface area is 120 Å². The number of carboxylic acids is 1. The maximum atomic E-state index is 11.0. The minimum atomic E-state index is -0.981. The van der Waals surface area contributed by atoms with E-state index in [-0.39, 0.29) is 5.76 Å². The van der Waals surface area contributed by atoms with Crippen LogP contribution in [0.3, 0.4) is 0 Å². The molecule has 4 heteroatoms. The van der Waals surface area contributed by atoms with Crippen LogP contribution >= 0.6 is 0 Å².